The summed E-state index contributed by atoms with van der Waals surface area (Å²) >= 11 is 0. The molecule has 3 aromatic rings. The van der Waals surface area contributed by atoms with Crippen LogP contribution in [0.15, 0.2) is 53.3 Å². The van der Waals surface area contributed by atoms with Crippen LogP contribution in [-0.4, -0.2) is 26.8 Å². The lowest BCUT2D eigenvalue weighted by Crippen LogP contribution is -2.30. The molecule has 1 atom stereocenters. The molecule has 0 aliphatic heterocycles. The summed E-state index contributed by atoms with van der Waals surface area (Å²) in [7, 11) is 1.56. The highest BCUT2D eigenvalue weighted by molar-refractivity contribution is 5.94. The van der Waals surface area contributed by atoms with E-state index in [1.165, 1.54) is 47.0 Å². The van der Waals surface area contributed by atoms with Gasteiger partial charge in [-0.15, -0.1) is 0 Å². The summed E-state index contributed by atoms with van der Waals surface area (Å²) < 4.78 is 44.1. The maximum atomic E-state index is 14.3. The molecule has 2 aromatic carbocycles. The van der Waals surface area contributed by atoms with Crippen LogP contribution >= 0.6 is 0 Å². The van der Waals surface area contributed by atoms with Crippen LogP contribution in [0.25, 0.3) is 16.5 Å². The molecule has 0 radical (unpaired) electrons. The van der Waals surface area contributed by atoms with E-state index in [9.17, 15) is 27.9 Å². The quantitative estimate of drug-likeness (QED) is 0.543. The van der Waals surface area contributed by atoms with E-state index >= 15 is 0 Å². The van der Waals surface area contributed by atoms with Gasteiger partial charge < -0.3 is 10.4 Å². The molecule has 0 spiro atoms. The molecule has 1 aromatic heterocycles. The second-order valence-corrected chi connectivity index (χ2v) is 7.99. The fraction of sp³-hybridized carbons (Fsp3) is 0.292. The summed E-state index contributed by atoms with van der Waals surface area (Å²) in [5.41, 5.74) is -0.354. The van der Waals surface area contributed by atoms with Crippen molar-refractivity contribution in [3.8, 4) is 0 Å². The van der Waals surface area contributed by atoms with Crippen LogP contribution in [0.5, 0.6) is 0 Å². The number of hydrogen-bond donors (Lipinski definition) is 2. The van der Waals surface area contributed by atoms with Crippen molar-refractivity contribution in [3.63, 3.8) is 0 Å². The number of hydrogen-bond acceptors (Lipinski definition) is 4. The van der Waals surface area contributed by atoms with Gasteiger partial charge in [0.15, 0.2) is 6.04 Å². The van der Waals surface area contributed by atoms with Crippen molar-refractivity contribution >= 4 is 28.1 Å². The normalized spacial score (nSPS) is 15.2. The van der Waals surface area contributed by atoms with Gasteiger partial charge in [-0.25, -0.2) is 9.78 Å². The smallest absolute Gasteiger partial charge is 0.412 e. The van der Waals surface area contributed by atoms with E-state index in [1.807, 2.05) is 6.08 Å². The van der Waals surface area contributed by atoms with Crippen molar-refractivity contribution in [2.75, 3.05) is 5.32 Å². The van der Waals surface area contributed by atoms with Gasteiger partial charge in [0.25, 0.3) is 5.56 Å². The molecule has 0 fully saturated rings. The number of halogens is 3. The summed E-state index contributed by atoms with van der Waals surface area (Å²) in [6.45, 7) is 0. The van der Waals surface area contributed by atoms with Crippen LogP contribution in [0.2, 0.25) is 0 Å². The Balaban J connectivity index is 1.92. The van der Waals surface area contributed by atoms with Crippen molar-refractivity contribution in [1.29, 1.82) is 0 Å². The Morgan fingerprint density at radius 3 is 2.58 bits per heavy atom. The molecule has 4 rings (SSSR count). The number of anilines is 1. The van der Waals surface area contributed by atoms with Gasteiger partial charge in [0.2, 0.25) is 0 Å². The Labute approximate surface area is 187 Å². The highest BCUT2D eigenvalue weighted by Gasteiger charge is 2.42. The minimum absolute atomic E-state index is 0.0512. The molecule has 9 heteroatoms. The van der Waals surface area contributed by atoms with Gasteiger partial charge in [-0.1, -0.05) is 30.3 Å². The number of rotatable bonds is 5. The molecule has 1 aliphatic rings. The van der Waals surface area contributed by atoms with E-state index in [2.05, 4.69) is 10.3 Å². The molecule has 0 unspecified atom stereocenters. The molecule has 0 bridgehead atoms. The zero-order valence-electron chi connectivity index (χ0n) is 17.8. The number of carboxylic acid groups (broad SMARTS) is 1. The van der Waals surface area contributed by atoms with Gasteiger partial charge in [-0.3, -0.25) is 9.36 Å². The minimum atomic E-state index is -4.78. The van der Waals surface area contributed by atoms with Gasteiger partial charge in [0.05, 0.1) is 16.5 Å². The molecule has 6 nitrogen and oxygen atoms in total. The number of carboxylic acids is 1. The Morgan fingerprint density at radius 2 is 1.91 bits per heavy atom. The molecule has 0 amide bonds. The number of alkyl halides is 3. The molecule has 33 heavy (non-hydrogen) atoms. The van der Waals surface area contributed by atoms with Gasteiger partial charge in [-0.05, 0) is 49.5 Å². The van der Waals surface area contributed by atoms with Crippen molar-refractivity contribution in [1.82, 2.24) is 9.55 Å². The molecule has 2 N–H and O–H groups in total. The van der Waals surface area contributed by atoms with E-state index in [0.29, 0.717) is 12.2 Å². The second-order valence-electron chi connectivity index (χ2n) is 7.99. The lowest BCUT2D eigenvalue weighted by Gasteiger charge is -2.25. The Bertz CT molecular complexity index is 1310. The Kier molecular flexibility index (Phi) is 5.97. The van der Waals surface area contributed by atoms with Crippen LogP contribution in [0.1, 0.15) is 53.5 Å². The van der Waals surface area contributed by atoms with Crippen molar-refractivity contribution in [2.24, 2.45) is 7.05 Å². The summed E-state index contributed by atoms with van der Waals surface area (Å²) in [6, 6.07) is 7.21. The minimum Gasteiger partial charge on any atom is -0.478 e. The third kappa shape index (κ3) is 4.35. The lowest BCUT2D eigenvalue weighted by atomic mass is 9.98. The number of benzene rings is 2. The SMILES string of the molecule is Cn1c(C2=CCCCC2)nc2c([C@H](Nc3ccccc3C(=O)O)C(F)(F)F)cccc2c1=O. The molecule has 172 valence electrons. The first kappa shape index (κ1) is 22.6. The lowest BCUT2D eigenvalue weighted by molar-refractivity contribution is -0.143. The average molecular weight is 457 g/mol. The van der Waals surface area contributed by atoms with E-state index in [4.69, 9.17) is 0 Å². The molecule has 1 heterocycles. The van der Waals surface area contributed by atoms with Crippen LogP contribution in [-0.2, 0) is 7.05 Å². The summed E-state index contributed by atoms with van der Waals surface area (Å²) in [5, 5.41) is 11.8. The van der Waals surface area contributed by atoms with E-state index < -0.39 is 23.7 Å². The average Bonchev–Trinajstić information content (AvgIpc) is 2.79. The molecule has 0 saturated heterocycles. The second kappa shape index (κ2) is 8.73. The van der Waals surface area contributed by atoms with Crippen LogP contribution < -0.4 is 10.9 Å². The van der Waals surface area contributed by atoms with E-state index in [1.54, 1.807) is 7.05 Å². The van der Waals surface area contributed by atoms with Crippen LogP contribution in [0.4, 0.5) is 18.9 Å². The van der Waals surface area contributed by atoms with Crippen molar-refractivity contribution < 1.29 is 23.1 Å². The molecular weight excluding hydrogens is 435 g/mol. The van der Waals surface area contributed by atoms with Gasteiger partial charge in [0, 0.05) is 18.3 Å². The first-order valence-electron chi connectivity index (χ1n) is 10.5. The summed E-state index contributed by atoms with van der Waals surface area (Å²) in [4.78, 5) is 29.1. The zero-order valence-corrected chi connectivity index (χ0v) is 17.8. The molecule has 1 aliphatic carbocycles. The van der Waals surface area contributed by atoms with Gasteiger partial charge >= 0.3 is 12.1 Å². The first-order valence-corrected chi connectivity index (χ1v) is 10.5. The number of nitrogens with one attached hydrogen (secondary N) is 1. The van der Waals surface area contributed by atoms with Crippen LogP contribution in [0, 0.1) is 0 Å². The third-order valence-electron chi connectivity index (χ3n) is 5.81. The number of fused-ring (bicyclic) bond motifs is 1. The van der Waals surface area contributed by atoms with Crippen molar-refractivity contribution in [2.45, 2.75) is 37.9 Å². The summed E-state index contributed by atoms with van der Waals surface area (Å²) in [5.74, 6) is -0.998. The third-order valence-corrected chi connectivity index (χ3v) is 5.81. The zero-order chi connectivity index (χ0) is 23.8. The first-order chi connectivity index (χ1) is 15.7. The standard InChI is InChI=1S/C24H22F3N3O3/c1-30-21(14-8-3-2-4-9-14)29-19-16(11-7-12-17(19)22(30)31)20(24(25,26)27)28-18-13-6-5-10-15(18)23(32)33/h5-8,10-13,20,28H,2-4,9H2,1H3,(H,32,33)/t20-/m0/s1. The number of allylic oxidation sites excluding steroid dienone is 2. The highest BCUT2D eigenvalue weighted by Crippen LogP contribution is 2.39. The largest absolute Gasteiger partial charge is 0.478 e. The Hall–Kier alpha value is -3.62. The molecule has 0 saturated carbocycles. The number of aromatic carboxylic acids is 1. The summed E-state index contributed by atoms with van der Waals surface area (Å²) in [6.07, 6.45) is 0.638. The highest BCUT2D eigenvalue weighted by atomic mass is 19.4. The fourth-order valence-electron chi connectivity index (χ4n) is 4.16. The number of carbonyl (C=O) groups is 1. The topological polar surface area (TPSA) is 84.2 Å². The molecular formula is C24H22F3N3O3. The predicted molar refractivity (Wildman–Crippen MR) is 119 cm³/mol. The number of para-hydroxylation sites is 2. The number of aromatic nitrogens is 2. The fourth-order valence-corrected chi connectivity index (χ4v) is 4.16. The van der Waals surface area contributed by atoms with Crippen LogP contribution in [0.3, 0.4) is 0 Å². The van der Waals surface area contributed by atoms with Crippen molar-refractivity contribution in [3.05, 3.63) is 75.8 Å². The predicted octanol–water partition coefficient (Wildman–Crippen LogP) is 5.30. The maximum absolute atomic E-state index is 14.3. The van der Waals surface area contributed by atoms with Gasteiger partial charge in [0.1, 0.15) is 5.82 Å². The monoisotopic (exact) mass is 457 g/mol. The number of nitrogens with zero attached hydrogens (tertiary/aromatic N) is 2. The maximum Gasteiger partial charge on any atom is 0.412 e. The van der Waals surface area contributed by atoms with E-state index in [-0.39, 0.29) is 27.7 Å². The Morgan fingerprint density at radius 1 is 1.15 bits per heavy atom. The van der Waals surface area contributed by atoms with Gasteiger partial charge in [-0.2, -0.15) is 13.2 Å². The van der Waals surface area contributed by atoms with E-state index in [0.717, 1.165) is 24.8 Å².